The molecule has 12 aromatic rings. The quantitative estimate of drug-likeness (QED) is 0.161. The van der Waals surface area contributed by atoms with E-state index in [-0.39, 0.29) is 24.2 Å². The molecule has 290 valence electrons. The van der Waals surface area contributed by atoms with Gasteiger partial charge in [0.1, 0.15) is 11.2 Å². The van der Waals surface area contributed by atoms with Gasteiger partial charge in [0, 0.05) is 43.9 Å². The highest BCUT2D eigenvalue weighted by molar-refractivity contribution is 6.16. The maximum absolute atomic E-state index is 9.38. The SMILES string of the molecule is [2H]c1c([2H])c([2H])c2c(c1[2H])c1c(-c3ccccc3-c3ccccc3)cccc1n2-c1cccc(-c2nc(-c3ccc(-c4ccccc4)cc3)nc(-c3ccc4c(c3)oc3ccccc34)n2)c1. The van der Waals surface area contributed by atoms with Crippen molar-refractivity contribution < 1.29 is 9.90 Å². The number of rotatable bonds is 7. The molecule has 0 aliphatic rings. The second kappa shape index (κ2) is 14.7. The van der Waals surface area contributed by atoms with Crippen LogP contribution in [0.2, 0.25) is 0 Å². The van der Waals surface area contributed by atoms with Gasteiger partial charge in [-0.1, -0.05) is 176 Å². The molecule has 0 unspecified atom stereocenters. The predicted octanol–water partition coefficient (Wildman–Crippen LogP) is 14.9. The molecule has 0 saturated heterocycles. The van der Waals surface area contributed by atoms with Crippen molar-refractivity contribution in [3.05, 3.63) is 218 Å². The number of hydrogen-bond donors (Lipinski definition) is 0. The van der Waals surface area contributed by atoms with Crippen LogP contribution in [0.3, 0.4) is 0 Å². The highest BCUT2D eigenvalue weighted by Crippen LogP contribution is 2.42. The summed E-state index contributed by atoms with van der Waals surface area (Å²) < 4.78 is 44.7. The Bertz CT molecular complexity index is 3870. The van der Waals surface area contributed by atoms with E-state index < -0.39 is 0 Å². The zero-order valence-electron chi connectivity index (χ0n) is 37.2. The van der Waals surface area contributed by atoms with Crippen molar-refractivity contribution in [3.8, 4) is 73.2 Å². The van der Waals surface area contributed by atoms with Crippen LogP contribution in [0.15, 0.2) is 223 Å². The van der Waals surface area contributed by atoms with Crippen LogP contribution < -0.4 is 0 Å². The number of fused-ring (bicyclic) bond motifs is 6. The third-order valence-corrected chi connectivity index (χ3v) is 11.6. The lowest BCUT2D eigenvalue weighted by atomic mass is 9.92. The summed E-state index contributed by atoms with van der Waals surface area (Å²) in [4.78, 5) is 15.3. The Labute approximate surface area is 363 Å². The minimum absolute atomic E-state index is 0.0954. The molecule has 5 nitrogen and oxygen atoms in total. The van der Waals surface area contributed by atoms with E-state index >= 15 is 0 Å². The average Bonchev–Trinajstić information content (AvgIpc) is 3.94. The first-order chi connectivity index (χ1) is 32.4. The van der Waals surface area contributed by atoms with Crippen LogP contribution in [0.25, 0.3) is 117 Å². The van der Waals surface area contributed by atoms with Crippen LogP contribution in [-0.4, -0.2) is 19.5 Å². The molecule has 5 heteroatoms. The summed E-state index contributed by atoms with van der Waals surface area (Å²) in [5.74, 6) is 1.41. The largest absolute Gasteiger partial charge is 0.456 e. The Balaban J connectivity index is 1.06. The zero-order valence-corrected chi connectivity index (χ0v) is 33.2. The smallest absolute Gasteiger partial charge is 0.164 e. The number of para-hydroxylation sites is 2. The lowest BCUT2D eigenvalue weighted by Crippen LogP contribution is -2.01. The van der Waals surface area contributed by atoms with E-state index in [4.69, 9.17) is 22.1 Å². The van der Waals surface area contributed by atoms with Crippen LogP contribution >= 0.6 is 0 Å². The molecule has 3 heterocycles. The maximum Gasteiger partial charge on any atom is 0.164 e. The van der Waals surface area contributed by atoms with Gasteiger partial charge in [0.25, 0.3) is 0 Å². The van der Waals surface area contributed by atoms with Gasteiger partial charge in [-0.25, -0.2) is 15.0 Å². The van der Waals surface area contributed by atoms with Crippen LogP contribution in [0.5, 0.6) is 0 Å². The highest BCUT2D eigenvalue weighted by atomic mass is 16.3. The van der Waals surface area contributed by atoms with E-state index in [0.717, 1.165) is 77.3 Å². The van der Waals surface area contributed by atoms with Crippen LogP contribution in [0.1, 0.15) is 5.48 Å². The van der Waals surface area contributed by atoms with Crippen molar-refractivity contribution in [1.29, 1.82) is 0 Å². The van der Waals surface area contributed by atoms with E-state index in [1.54, 1.807) is 0 Å². The van der Waals surface area contributed by atoms with Crippen molar-refractivity contribution >= 4 is 43.7 Å². The molecular weight excluding hydrogens is 757 g/mol. The zero-order chi connectivity index (χ0) is 44.5. The molecule has 0 fully saturated rings. The molecule has 0 spiro atoms. The monoisotopic (exact) mass is 796 g/mol. The van der Waals surface area contributed by atoms with E-state index in [0.29, 0.717) is 39.6 Å². The summed E-state index contributed by atoms with van der Waals surface area (Å²) in [5, 5.41) is 3.22. The first-order valence-electron chi connectivity index (χ1n) is 22.5. The second-order valence-electron chi connectivity index (χ2n) is 15.3. The number of nitrogens with zero attached hydrogens (tertiary/aromatic N) is 4. The van der Waals surface area contributed by atoms with E-state index in [9.17, 15) is 2.74 Å². The van der Waals surface area contributed by atoms with Gasteiger partial charge in [0.05, 0.1) is 16.5 Å². The van der Waals surface area contributed by atoms with E-state index in [1.807, 2.05) is 144 Å². The molecule has 0 bridgehead atoms. The Kier molecular flexibility index (Phi) is 7.47. The number of hydrogen-bond acceptors (Lipinski definition) is 4. The normalized spacial score (nSPS) is 12.5. The predicted molar refractivity (Wildman–Crippen MR) is 254 cm³/mol. The van der Waals surface area contributed by atoms with Crippen molar-refractivity contribution in [1.82, 2.24) is 19.5 Å². The van der Waals surface area contributed by atoms with E-state index in [2.05, 4.69) is 54.6 Å². The van der Waals surface area contributed by atoms with E-state index in [1.165, 1.54) is 0 Å². The standard InChI is InChI=1S/C57H36N4O/c1-3-15-37(16-4-1)38-29-31-40(32-30-38)55-58-56(60-57(59-55)42-33-34-47-46-23-10-12-28-52(46)62-53(47)36-42)41-19-13-20-43(35-41)61-50-26-11-9-24-49(50)54-48(25-14-27-51(54)61)45-22-8-7-21-44(45)39-17-5-2-6-18-39/h1-36H/i9D,11D,24D,26D. The fraction of sp³-hybridized carbons (Fsp3) is 0. The molecule has 0 atom stereocenters. The Morgan fingerprint density at radius 2 is 0.935 bits per heavy atom. The molecule has 0 aliphatic heterocycles. The molecular formula is C57H36N4O. The topological polar surface area (TPSA) is 56.7 Å². The maximum atomic E-state index is 9.38. The van der Waals surface area contributed by atoms with Gasteiger partial charge < -0.3 is 8.98 Å². The molecule has 9 aromatic carbocycles. The average molecular weight is 797 g/mol. The first-order valence-corrected chi connectivity index (χ1v) is 20.5. The lowest BCUT2D eigenvalue weighted by molar-refractivity contribution is 0.669. The molecule has 0 amide bonds. The summed E-state index contributed by atoms with van der Waals surface area (Å²) in [6.07, 6.45) is 0. The fourth-order valence-corrected chi connectivity index (χ4v) is 8.70. The Morgan fingerprint density at radius 1 is 0.371 bits per heavy atom. The highest BCUT2D eigenvalue weighted by Gasteiger charge is 2.20. The summed E-state index contributed by atoms with van der Waals surface area (Å²) in [7, 11) is 0. The molecule has 62 heavy (non-hydrogen) atoms. The van der Waals surface area contributed by atoms with Gasteiger partial charge in [-0.2, -0.15) is 0 Å². The minimum Gasteiger partial charge on any atom is -0.456 e. The molecule has 0 aliphatic carbocycles. The first kappa shape index (κ1) is 31.5. The number of benzene rings is 9. The summed E-state index contributed by atoms with van der Waals surface area (Å²) in [5.41, 5.74) is 11.7. The van der Waals surface area contributed by atoms with Crippen molar-refractivity contribution in [2.45, 2.75) is 0 Å². The minimum atomic E-state index is -0.301. The third kappa shape index (κ3) is 6.06. The van der Waals surface area contributed by atoms with Gasteiger partial charge >= 0.3 is 0 Å². The van der Waals surface area contributed by atoms with Crippen molar-refractivity contribution in [3.63, 3.8) is 0 Å². The van der Waals surface area contributed by atoms with Crippen LogP contribution in [0, 0.1) is 0 Å². The van der Waals surface area contributed by atoms with Gasteiger partial charge in [-0.3, -0.25) is 0 Å². The molecule has 0 N–H and O–H groups in total. The van der Waals surface area contributed by atoms with Gasteiger partial charge in [-0.15, -0.1) is 0 Å². The molecule has 3 aromatic heterocycles. The second-order valence-corrected chi connectivity index (χ2v) is 15.3. The summed E-state index contributed by atoms with van der Waals surface area (Å²) >= 11 is 0. The third-order valence-electron chi connectivity index (χ3n) is 11.6. The molecule has 12 rings (SSSR count). The Hall–Kier alpha value is -8.41. The van der Waals surface area contributed by atoms with Crippen LogP contribution in [-0.2, 0) is 0 Å². The summed E-state index contributed by atoms with van der Waals surface area (Å²) in [6, 6.07) is 63.9. The Morgan fingerprint density at radius 3 is 1.74 bits per heavy atom. The fourth-order valence-electron chi connectivity index (χ4n) is 8.70. The number of aromatic nitrogens is 4. The van der Waals surface area contributed by atoms with Crippen LogP contribution in [0.4, 0.5) is 0 Å². The number of furan rings is 1. The van der Waals surface area contributed by atoms with Crippen molar-refractivity contribution in [2.24, 2.45) is 0 Å². The molecule has 0 radical (unpaired) electrons. The molecule has 0 saturated carbocycles. The van der Waals surface area contributed by atoms with Gasteiger partial charge in [0.2, 0.25) is 0 Å². The van der Waals surface area contributed by atoms with Gasteiger partial charge in [0.15, 0.2) is 17.5 Å². The van der Waals surface area contributed by atoms with Gasteiger partial charge in [-0.05, 0) is 75.8 Å². The van der Waals surface area contributed by atoms with Crippen molar-refractivity contribution in [2.75, 3.05) is 0 Å². The lowest BCUT2D eigenvalue weighted by Gasteiger charge is -2.13. The summed E-state index contributed by atoms with van der Waals surface area (Å²) in [6.45, 7) is 0.